The highest BCUT2D eigenvalue weighted by Crippen LogP contribution is 2.59. The molecular formula is C11H7F17O3S. The summed E-state index contributed by atoms with van der Waals surface area (Å²) in [7, 11) is -7.10. The van der Waals surface area contributed by atoms with Gasteiger partial charge in [-0.3, -0.25) is 4.55 Å². The molecule has 0 spiro atoms. The second kappa shape index (κ2) is 8.82. The maximum atomic E-state index is 13.4. The van der Waals surface area contributed by atoms with Gasteiger partial charge in [0.1, 0.15) is 0 Å². The summed E-state index contributed by atoms with van der Waals surface area (Å²) >= 11 is 0. The standard InChI is InChI=1S/C11H7F17O3S/c12-1(3(14)5(16)17)2(13)4(15)7(19,20)9(23,24)11(27,28)10(25,26)8(21,22)6(18)32(29,30)31/h1-6H,(H,29,30,31). The van der Waals surface area contributed by atoms with E-state index in [0.29, 0.717) is 0 Å². The molecule has 0 rings (SSSR count). The van der Waals surface area contributed by atoms with Crippen molar-refractivity contribution < 1.29 is 87.6 Å². The van der Waals surface area contributed by atoms with E-state index in [4.69, 9.17) is 4.55 Å². The van der Waals surface area contributed by atoms with Crippen molar-refractivity contribution in [2.75, 3.05) is 0 Å². The Labute approximate surface area is 165 Å². The first kappa shape index (κ1) is 30.7. The fourth-order valence-corrected chi connectivity index (χ4v) is 2.32. The molecule has 0 aromatic carbocycles. The Bertz CT molecular complexity index is 753. The molecule has 0 fully saturated rings. The Morgan fingerprint density at radius 2 is 0.875 bits per heavy atom. The Hall–Kier alpha value is -1.28. The van der Waals surface area contributed by atoms with Gasteiger partial charge in [-0.2, -0.15) is 52.3 Å². The van der Waals surface area contributed by atoms with Crippen molar-refractivity contribution in [3.63, 3.8) is 0 Å². The lowest BCUT2D eigenvalue weighted by Gasteiger charge is -2.40. The van der Waals surface area contributed by atoms with Crippen molar-refractivity contribution in [1.29, 1.82) is 0 Å². The van der Waals surface area contributed by atoms with Gasteiger partial charge in [0.05, 0.1) is 0 Å². The average Bonchev–Trinajstić information content (AvgIpc) is 2.63. The summed E-state index contributed by atoms with van der Waals surface area (Å²) < 4.78 is 249. The van der Waals surface area contributed by atoms with Crippen LogP contribution in [0, 0.1) is 0 Å². The zero-order valence-electron chi connectivity index (χ0n) is 14.1. The minimum Gasteiger partial charge on any atom is -0.283 e. The van der Waals surface area contributed by atoms with Crippen LogP contribution in [0.2, 0.25) is 0 Å². The van der Waals surface area contributed by atoms with Crippen LogP contribution < -0.4 is 0 Å². The predicted molar refractivity (Wildman–Crippen MR) is 66.8 cm³/mol. The van der Waals surface area contributed by atoms with E-state index in [0.717, 1.165) is 0 Å². The van der Waals surface area contributed by atoms with Crippen LogP contribution >= 0.6 is 0 Å². The van der Waals surface area contributed by atoms with E-state index in [1.807, 2.05) is 0 Å². The molecule has 0 bridgehead atoms. The summed E-state index contributed by atoms with van der Waals surface area (Å²) in [6.45, 7) is 0. The van der Waals surface area contributed by atoms with E-state index in [1.54, 1.807) is 0 Å². The van der Waals surface area contributed by atoms with E-state index in [9.17, 15) is 83.1 Å². The van der Waals surface area contributed by atoms with Crippen LogP contribution in [-0.4, -0.2) is 79.2 Å². The number of alkyl halides is 17. The Morgan fingerprint density at radius 1 is 0.531 bits per heavy atom. The van der Waals surface area contributed by atoms with E-state index >= 15 is 0 Å². The zero-order chi connectivity index (χ0) is 26.5. The average molecular weight is 542 g/mol. The van der Waals surface area contributed by atoms with Crippen molar-refractivity contribution in [3.8, 4) is 0 Å². The van der Waals surface area contributed by atoms with Gasteiger partial charge in [-0.25, -0.2) is 30.7 Å². The number of hydrogen-bond donors (Lipinski definition) is 1. The molecule has 0 saturated heterocycles. The topological polar surface area (TPSA) is 54.4 Å². The maximum absolute atomic E-state index is 13.4. The van der Waals surface area contributed by atoms with Crippen LogP contribution in [0.15, 0.2) is 0 Å². The number of rotatable bonds is 11. The third-order valence-electron chi connectivity index (χ3n) is 3.65. The van der Waals surface area contributed by atoms with Crippen LogP contribution in [0.3, 0.4) is 0 Å². The SMILES string of the molecule is O=S(=O)(O)C(F)C(F)(F)C(F)(F)C(F)(F)C(F)(F)C(F)(F)C(F)C(F)C(F)C(F)C(F)F. The van der Waals surface area contributed by atoms with E-state index in [2.05, 4.69) is 0 Å². The van der Waals surface area contributed by atoms with Crippen LogP contribution in [0.4, 0.5) is 74.6 Å². The van der Waals surface area contributed by atoms with Crippen LogP contribution in [-0.2, 0) is 10.1 Å². The second-order valence-corrected chi connectivity index (χ2v) is 7.31. The molecule has 32 heavy (non-hydrogen) atoms. The van der Waals surface area contributed by atoms with Gasteiger partial charge in [-0.1, -0.05) is 0 Å². The largest absolute Gasteiger partial charge is 0.384 e. The molecule has 3 nitrogen and oxygen atoms in total. The minimum absolute atomic E-state index is 4.54. The number of halogens is 17. The Morgan fingerprint density at radius 3 is 1.19 bits per heavy atom. The summed E-state index contributed by atoms with van der Waals surface area (Å²) in [5.41, 5.74) is -5.86. The van der Waals surface area contributed by atoms with Crippen LogP contribution in [0.25, 0.3) is 0 Å². The van der Waals surface area contributed by atoms with Crippen molar-refractivity contribution >= 4 is 10.1 Å². The smallest absolute Gasteiger partial charge is 0.283 e. The van der Waals surface area contributed by atoms with Gasteiger partial charge < -0.3 is 0 Å². The van der Waals surface area contributed by atoms with Crippen molar-refractivity contribution in [2.24, 2.45) is 0 Å². The van der Waals surface area contributed by atoms with E-state index < -0.39 is 76.3 Å². The van der Waals surface area contributed by atoms with Crippen molar-refractivity contribution in [3.05, 3.63) is 0 Å². The van der Waals surface area contributed by atoms with Gasteiger partial charge in [-0.05, 0) is 0 Å². The highest BCUT2D eigenvalue weighted by Gasteiger charge is 2.89. The molecular weight excluding hydrogens is 535 g/mol. The monoisotopic (exact) mass is 542 g/mol. The molecule has 0 aromatic heterocycles. The van der Waals surface area contributed by atoms with Crippen LogP contribution in [0.5, 0.6) is 0 Å². The van der Waals surface area contributed by atoms with Gasteiger partial charge in [0.2, 0.25) is 6.17 Å². The molecule has 0 saturated carbocycles. The predicted octanol–water partition coefficient (Wildman–Crippen LogP) is 4.96. The second-order valence-electron chi connectivity index (χ2n) is 5.87. The van der Waals surface area contributed by atoms with Crippen molar-refractivity contribution in [2.45, 2.75) is 66.2 Å². The first-order chi connectivity index (χ1) is 13.7. The molecule has 21 heteroatoms. The fraction of sp³-hybridized carbons (Fsp3) is 1.00. The molecule has 0 aliphatic heterocycles. The quantitative estimate of drug-likeness (QED) is 0.297. The molecule has 5 unspecified atom stereocenters. The summed E-state index contributed by atoms with van der Waals surface area (Å²) in [6, 6.07) is 0. The molecule has 0 heterocycles. The minimum atomic E-state index is -8.41. The lowest BCUT2D eigenvalue weighted by atomic mass is 9.90. The molecule has 194 valence electrons. The third kappa shape index (κ3) is 4.67. The van der Waals surface area contributed by atoms with Gasteiger partial charge in [0.25, 0.3) is 11.9 Å². The summed E-state index contributed by atoms with van der Waals surface area (Å²) in [6.07, 6.45) is -25.0. The highest BCUT2D eigenvalue weighted by molar-refractivity contribution is 7.86. The zero-order valence-corrected chi connectivity index (χ0v) is 14.9. The lowest BCUT2D eigenvalue weighted by molar-refractivity contribution is -0.412. The fourth-order valence-electron chi connectivity index (χ4n) is 1.79. The summed E-state index contributed by atoms with van der Waals surface area (Å²) in [5.74, 6) is -40.3. The molecule has 0 aromatic rings. The summed E-state index contributed by atoms with van der Waals surface area (Å²) in [5, 5.41) is 0. The van der Waals surface area contributed by atoms with Crippen LogP contribution in [0.1, 0.15) is 0 Å². The lowest BCUT2D eigenvalue weighted by Crippen LogP contribution is -2.71. The highest BCUT2D eigenvalue weighted by atomic mass is 32.2. The molecule has 0 radical (unpaired) electrons. The molecule has 0 aliphatic carbocycles. The third-order valence-corrected chi connectivity index (χ3v) is 4.47. The van der Waals surface area contributed by atoms with Gasteiger partial charge >= 0.3 is 39.7 Å². The Balaban J connectivity index is 6.43. The number of hydrogen-bond acceptors (Lipinski definition) is 2. The van der Waals surface area contributed by atoms with E-state index in [-0.39, 0.29) is 0 Å². The summed E-state index contributed by atoms with van der Waals surface area (Å²) in [4.78, 5) is 0. The van der Waals surface area contributed by atoms with Gasteiger partial charge in [0.15, 0.2) is 18.5 Å². The molecule has 0 amide bonds. The normalized spacial score (nSPS) is 20.1. The Kier molecular flexibility index (Phi) is 8.47. The maximum Gasteiger partial charge on any atom is 0.384 e. The molecule has 5 atom stereocenters. The first-order valence-electron chi connectivity index (χ1n) is 7.08. The van der Waals surface area contributed by atoms with Crippen molar-refractivity contribution in [1.82, 2.24) is 0 Å². The molecule has 1 N–H and O–H groups in total. The van der Waals surface area contributed by atoms with Gasteiger partial charge in [-0.15, -0.1) is 0 Å². The molecule has 0 aliphatic rings. The van der Waals surface area contributed by atoms with Gasteiger partial charge in [0, 0.05) is 0 Å². The first-order valence-corrected chi connectivity index (χ1v) is 8.58. The van der Waals surface area contributed by atoms with E-state index in [1.165, 1.54) is 0 Å².